The van der Waals surface area contributed by atoms with Gasteiger partial charge in [-0.25, -0.2) is 4.79 Å². The van der Waals surface area contributed by atoms with Gasteiger partial charge in [0.25, 0.3) is 0 Å². The molecule has 0 aliphatic carbocycles. The first-order valence-electron chi connectivity index (χ1n) is 5.11. The molecule has 0 radical (unpaired) electrons. The van der Waals surface area contributed by atoms with Crippen LogP contribution in [0.2, 0.25) is 0 Å². The predicted octanol–water partition coefficient (Wildman–Crippen LogP) is 0.215. The van der Waals surface area contributed by atoms with E-state index in [1.807, 2.05) is 0 Å². The third kappa shape index (κ3) is 2.94. The van der Waals surface area contributed by atoms with E-state index in [1.54, 1.807) is 12.1 Å². The monoisotopic (exact) mass is 249 g/mol. The summed E-state index contributed by atoms with van der Waals surface area (Å²) in [5.41, 5.74) is 5.68. The second-order valence-electron chi connectivity index (χ2n) is 3.51. The highest BCUT2D eigenvalue weighted by Gasteiger charge is 2.17. The minimum Gasteiger partial charge on any atom is -0.508 e. The lowest BCUT2D eigenvalue weighted by Gasteiger charge is -2.16. The third-order valence-corrected chi connectivity index (χ3v) is 2.24. The van der Waals surface area contributed by atoms with Crippen LogP contribution in [0, 0.1) is 0 Å². The molecule has 1 unspecified atom stereocenters. The third-order valence-electron chi connectivity index (χ3n) is 2.24. The Hall–Kier alpha value is -2.64. The molecule has 0 saturated heterocycles. The zero-order valence-electron chi connectivity index (χ0n) is 9.30. The van der Waals surface area contributed by atoms with Crippen molar-refractivity contribution in [3.63, 3.8) is 0 Å². The van der Waals surface area contributed by atoms with Crippen molar-refractivity contribution >= 4 is 6.09 Å². The molecule has 94 valence electrons. The van der Waals surface area contributed by atoms with E-state index in [0.717, 1.165) is 0 Å². The normalized spacial score (nSPS) is 12.0. The first-order valence-corrected chi connectivity index (χ1v) is 5.11. The molecule has 0 aliphatic heterocycles. The highest BCUT2D eigenvalue weighted by Crippen LogP contribution is 2.21. The summed E-state index contributed by atoms with van der Waals surface area (Å²) < 4.78 is 4.98. The molecule has 2 aromatic rings. The summed E-state index contributed by atoms with van der Waals surface area (Å²) in [7, 11) is 0. The summed E-state index contributed by atoms with van der Waals surface area (Å²) in [4.78, 5) is 12.1. The Morgan fingerprint density at radius 1 is 1.44 bits per heavy atom. The maximum absolute atomic E-state index is 10.9. The van der Waals surface area contributed by atoms with Gasteiger partial charge in [0.15, 0.2) is 12.4 Å². The number of aromatic hydroxyl groups is 1. The van der Waals surface area contributed by atoms with E-state index in [9.17, 15) is 9.90 Å². The lowest BCUT2D eigenvalue weighted by atomic mass is 10.1. The quantitative estimate of drug-likeness (QED) is 0.800. The van der Waals surface area contributed by atoms with Crippen molar-refractivity contribution < 1.29 is 14.6 Å². The number of amides is 1. The number of carbonyl (C=O) groups is 1. The van der Waals surface area contributed by atoms with Crippen molar-refractivity contribution in [2.75, 3.05) is 0 Å². The Bertz CT molecular complexity index is 511. The standard InChI is InChI=1S/C10H11N5O3/c11-10(17)18-9(5-15-13-6-12-14-15)7-1-3-8(16)4-2-7/h1-4,6,9,16H,5H2,(H2,11,17). The van der Waals surface area contributed by atoms with E-state index in [-0.39, 0.29) is 12.3 Å². The van der Waals surface area contributed by atoms with E-state index in [2.05, 4.69) is 15.4 Å². The van der Waals surface area contributed by atoms with Gasteiger partial charge in [-0.15, -0.1) is 10.2 Å². The van der Waals surface area contributed by atoms with Gasteiger partial charge in [0.05, 0.1) is 0 Å². The number of tetrazole rings is 1. The molecule has 0 fully saturated rings. The molecule has 0 bridgehead atoms. The van der Waals surface area contributed by atoms with Crippen molar-refractivity contribution in [3.8, 4) is 5.75 Å². The Labute approximate surface area is 102 Å². The summed E-state index contributed by atoms with van der Waals surface area (Å²) in [6.07, 6.45) is -0.261. The zero-order chi connectivity index (χ0) is 13.0. The number of aromatic nitrogens is 4. The van der Waals surface area contributed by atoms with Crippen LogP contribution in [0.25, 0.3) is 0 Å². The van der Waals surface area contributed by atoms with Crippen molar-refractivity contribution in [2.45, 2.75) is 12.6 Å². The molecule has 8 nitrogen and oxygen atoms in total. The predicted molar refractivity (Wildman–Crippen MR) is 59.3 cm³/mol. The number of carbonyl (C=O) groups excluding carboxylic acids is 1. The minimum atomic E-state index is -0.895. The molecule has 1 amide bonds. The van der Waals surface area contributed by atoms with Gasteiger partial charge in [-0.3, -0.25) is 0 Å². The largest absolute Gasteiger partial charge is 0.508 e. The number of phenols is 1. The van der Waals surface area contributed by atoms with Crippen LogP contribution in [-0.4, -0.2) is 31.4 Å². The lowest BCUT2D eigenvalue weighted by molar-refractivity contribution is 0.0900. The molecule has 0 spiro atoms. The van der Waals surface area contributed by atoms with Crippen LogP contribution in [0.15, 0.2) is 30.6 Å². The van der Waals surface area contributed by atoms with Crippen molar-refractivity contribution in [1.82, 2.24) is 20.2 Å². The van der Waals surface area contributed by atoms with E-state index in [0.29, 0.717) is 5.56 Å². The summed E-state index contributed by atoms with van der Waals surface area (Å²) in [5.74, 6) is 0.121. The number of hydrogen-bond donors (Lipinski definition) is 2. The minimum absolute atomic E-state index is 0.121. The lowest BCUT2D eigenvalue weighted by Crippen LogP contribution is -2.22. The second-order valence-corrected chi connectivity index (χ2v) is 3.51. The number of primary amides is 1. The van der Waals surface area contributed by atoms with Gasteiger partial charge in [0.2, 0.25) is 0 Å². The number of benzene rings is 1. The number of ether oxygens (including phenoxy) is 1. The molecule has 1 aromatic heterocycles. The molecule has 18 heavy (non-hydrogen) atoms. The van der Waals surface area contributed by atoms with Crippen molar-refractivity contribution in [3.05, 3.63) is 36.2 Å². The Morgan fingerprint density at radius 3 is 2.72 bits per heavy atom. The topological polar surface area (TPSA) is 116 Å². The molecule has 1 aromatic carbocycles. The van der Waals surface area contributed by atoms with Gasteiger partial charge in [-0.1, -0.05) is 12.1 Å². The van der Waals surface area contributed by atoms with Crippen LogP contribution in [-0.2, 0) is 11.3 Å². The summed E-state index contributed by atoms with van der Waals surface area (Å²) >= 11 is 0. The molecular weight excluding hydrogens is 238 g/mol. The first-order chi connectivity index (χ1) is 8.65. The van der Waals surface area contributed by atoms with Gasteiger partial charge in [0, 0.05) is 0 Å². The fourth-order valence-electron chi connectivity index (χ4n) is 1.46. The highest BCUT2D eigenvalue weighted by molar-refractivity contribution is 5.65. The highest BCUT2D eigenvalue weighted by atomic mass is 16.6. The fraction of sp³-hybridized carbons (Fsp3) is 0.200. The van der Waals surface area contributed by atoms with Crippen LogP contribution in [0.3, 0.4) is 0 Å². The van der Waals surface area contributed by atoms with Crippen LogP contribution < -0.4 is 5.73 Å². The van der Waals surface area contributed by atoms with E-state index >= 15 is 0 Å². The summed E-state index contributed by atoms with van der Waals surface area (Å²) in [6, 6.07) is 6.22. The van der Waals surface area contributed by atoms with Crippen LogP contribution in [0.1, 0.15) is 11.7 Å². The Morgan fingerprint density at radius 2 is 2.17 bits per heavy atom. The van der Waals surface area contributed by atoms with Gasteiger partial charge < -0.3 is 15.6 Å². The molecule has 1 atom stereocenters. The van der Waals surface area contributed by atoms with Gasteiger partial charge in [-0.2, -0.15) is 4.80 Å². The van der Waals surface area contributed by atoms with E-state index in [4.69, 9.17) is 10.5 Å². The van der Waals surface area contributed by atoms with Gasteiger partial charge in [-0.05, 0) is 22.9 Å². The second kappa shape index (κ2) is 5.13. The van der Waals surface area contributed by atoms with E-state index < -0.39 is 12.2 Å². The molecule has 3 N–H and O–H groups in total. The molecule has 2 rings (SSSR count). The van der Waals surface area contributed by atoms with Crippen molar-refractivity contribution in [2.24, 2.45) is 5.73 Å². The van der Waals surface area contributed by atoms with Crippen LogP contribution >= 0.6 is 0 Å². The van der Waals surface area contributed by atoms with Crippen molar-refractivity contribution in [1.29, 1.82) is 0 Å². The molecule has 0 saturated carbocycles. The van der Waals surface area contributed by atoms with Crippen LogP contribution in [0.5, 0.6) is 5.75 Å². The number of hydrogen-bond acceptors (Lipinski definition) is 6. The zero-order valence-corrected chi connectivity index (χ0v) is 9.30. The molecule has 0 aliphatic rings. The van der Waals surface area contributed by atoms with Crippen LogP contribution in [0.4, 0.5) is 4.79 Å². The molecule has 1 heterocycles. The average Bonchev–Trinajstić information content (AvgIpc) is 2.81. The fourth-order valence-corrected chi connectivity index (χ4v) is 1.46. The van der Waals surface area contributed by atoms with Gasteiger partial charge >= 0.3 is 6.09 Å². The average molecular weight is 249 g/mol. The molecule has 8 heteroatoms. The van der Waals surface area contributed by atoms with E-state index in [1.165, 1.54) is 23.3 Å². The number of phenolic OH excluding ortho intramolecular Hbond substituents is 1. The summed E-state index contributed by atoms with van der Waals surface area (Å²) in [6.45, 7) is 0.188. The number of rotatable bonds is 4. The smallest absolute Gasteiger partial charge is 0.405 e. The number of nitrogens with two attached hydrogens (primary N) is 1. The maximum atomic E-state index is 10.9. The number of nitrogens with zero attached hydrogens (tertiary/aromatic N) is 4. The summed E-state index contributed by atoms with van der Waals surface area (Å²) in [5, 5.41) is 20.3. The maximum Gasteiger partial charge on any atom is 0.405 e. The van der Waals surface area contributed by atoms with Gasteiger partial charge in [0.1, 0.15) is 12.3 Å². The Balaban J connectivity index is 2.19. The SMILES string of the molecule is NC(=O)OC(Cn1ncnn1)c1ccc(O)cc1. The first kappa shape index (κ1) is 11.8. The molecular formula is C10H11N5O3. The Kier molecular flexibility index (Phi) is 3.37.